The molecule has 1 aliphatic rings. The normalized spacial score (nSPS) is 28.4. The number of hydrogen-bond acceptors (Lipinski definition) is 3. The topological polar surface area (TPSA) is 47.3 Å². The second-order valence-electron chi connectivity index (χ2n) is 5.71. The maximum atomic E-state index is 14.4. The zero-order valence-electron chi connectivity index (χ0n) is 12.0. The molecular formula is C15H22BrFN2O. The Morgan fingerprint density at radius 3 is 2.90 bits per heavy atom. The molecular weight excluding hydrogens is 323 g/mol. The predicted molar refractivity (Wildman–Crippen MR) is 81.5 cm³/mol. The fourth-order valence-electron chi connectivity index (χ4n) is 3.38. The maximum absolute atomic E-state index is 14.4. The Morgan fingerprint density at radius 1 is 1.55 bits per heavy atom. The Kier molecular flexibility index (Phi) is 5.18. The Bertz CT molecular complexity index is 471. The van der Waals surface area contributed by atoms with Crippen LogP contribution in [0.1, 0.15) is 44.2 Å². The predicted octanol–water partition coefficient (Wildman–Crippen LogP) is 3.69. The summed E-state index contributed by atoms with van der Waals surface area (Å²) in [6, 6.07) is 4.93. The van der Waals surface area contributed by atoms with Gasteiger partial charge in [-0.05, 0) is 40.8 Å². The van der Waals surface area contributed by atoms with Crippen molar-refractivity contribution >= 4 is 15.9 Å². The molecule has 0 amide bonds. The van der Waals surface area contributed by atoms with Gasteiger partial charge in [-0.15, -0.1) is 0 Å². The van der Waals surface area contributed by atoms with Gasteiger partial charge < -0.3 is 4.74 Å². The van der Waals surface area contributed by atoms with Gasteiger partial charge in [-0.2, -0.15) is 0 Å². The highest BCUT2D eigenvalue weighted by Gasteiger charge is 2.43. The lowest BCUT2D eigenvalue weighted by atomic mass is 9.73. The van der Waals surface area contributed by atoms with Crippen molar-refractivity contribution in [3.8, 4) is 0 Å². The second kappa shape index (κ2) is 6.52. The summed E-state index contributed by atoms with van der Waals surface area (Å²) in [7, 11) is 1.69. The van der Waals surface area contributed by atoms with Crippen LogP contribution in [0.2, 0.25) is 0 Å². The van der Waals surface area contributed by atoms with Crippen LogP contribution >= 0.6 is 15.9 Å². The van der Waals surface area contributed by atoms with E-state index in [0.717, 1.165) is 19.3 Å². The number of halogens is 2. The van der Waals surface area contributed by atoms with E-state index in [-0.39, 0.29) is 11.9 Å². The molecule has 1 aromatic rings. The van der Waals surface area contributed by atoms with Crippen LogP contribution < -0.4 is 11.3 Å². The van der Waals surface area contributed by atoms with Gasteiger partial charge in [0.05, 0.1) is 16.1 Å². The molecule has 0 saturated heterocycles. The molecule has 0 radical (unpaired) electrons. The van der Waals surface area contributed by atoms with Crippen molar-refractivity contribution in [2.24, 2.45) is 11.8 Å². The molecule has 1 saturated carbocycles. The number of hydrogen-bond donors (Lipinski definition) is 2. The third-order valence-corrected chi connectivity index (χ3v) is 5.00. The van der Waals surface area contributed by atoms with Gasteiger partial charge >= 0.3 is 0 Å². The summed E-state index contributed by atoms with van der Waals surface area (Å²) >= 11 is 3.23. The lowest BCUT2D eigenvalue weighted by molar-refractivity contribution is -0.0813. The van der Waals surface area contributed by atoms with E-state index in [1.807, 2.05) is 6.07 Å². The van der Waals surface area contributed by atoms with Gasteiger partial charge in [-0.3, -0.25) is 5.84 Å². The van der Waals surface area contributed by atoms with Crippen LogP contribution in [-0.4, -0.2) is 12.7 Å². The Balaban J connectivity index is 2.41. The van der Waals surface area contributed by atoms with Crippen molar-refractivity contribution < 1.29 is 9.13 Å². The van der Waals surface area contributed by atoms with Crippen LogP contribution in [0.25, 0.3) is 0 Å². The number of benzene rings is 1. The molecule has 2 rings (SSSR count). The number of hydrazine groups is 1. The molecule has 0 aromatic heterocycles. The van der Waals surface area contributed by atoms with Gasteiger partial charge in [0.15, 0.2) is 0 Å². The molecule has 1 aliphatic carbocycles. The van der Waals surface area contributed by atoms with Gasteiger partial charge in [0.2, 0.25) is 0 Å². The summed E-state index contributed by atoms with van der Waals surface area (Å²) in [5, 5.41) is 0. The molecule has 112 valence electrons. The van der Waals surface area contributed by atoms with Gasteiger partial charge in [-0.25, -0.2) is 9.82 Å². The average molecular weight is 345 g/mol. The van der Waals surface area contributed by atoms with E-state index in [9.17, 15) is 4.39 Å². The Morgan fingerprint density at radius 2 is 2.30 bits per heavy atom. The number of nitrogens with two attached hydrogens (primary N) is 1. The highest BCUT2D eigenvalue weighted by molar-refractivity contribution is 9.10. The third kappa shape index (κ3) is 2.91. The largest absolute Gasteiger partial charge is 0.376 e. The van der Waals surface area contributed by atoms with E-state index in [4.69, 9.17) is 10.6 Å². The Labute approximate surface area is 128 Å². The van der Waals surface area contributed by atoms with Crippen LogP contribution in [-0.2, 0) is 4.74 Å². The van der Waals surface area contributed by atoms with Crippen molar-refractivity contribution in [3.05, 3.63) is 34.1 Å². The third-order valence-electron chi connectivity index (χ3n) is 4.38. The lowest BCUT2D eigenvalue weighted by Gasteiger charge is -2.44. The zero-order valence-corrected chi connectivity index (χ0v) is 13.5. The SMILES string of the molecule is COC1(C(NN)c2cccc(Br)c2F)CCCC(C)C1. The highest BCUT2D eigenvalue weighted by atomic mass is 79.9. The first-order valence-electron chi connectivity index (χ1n) is 6.99. The molecule has 3 nitrogen and oxygen atoms in total. The van der Waals surface area contributed by atoms with Gasteiger partial charge in [0.25, 0.3) is 0 Å². The van der Waals surface area contributed by atoms with Crippen LogP contribution in [0, 0.1) is 11.7 Å². The minimum atomic E-state index is -0.450. The summed E-state index contributed by atoms with van der Waals surface area (Å²) in [5.41, 5.74) is 2.89. The number of nitrogens with one attached hydrogen (secondary N) is 1. The monoisotopic (exact) mass is 344 g/mol. The van der Waals surface area contributed by atoms with Crippen molar-refractivity contribution in [3.63, 3.8) is 0 Å². The first-order valence-corrected chi connectivity index (χ1v) is 7.78. The van der Waals surface area contributed by atoms with Gasteiger partial charge in [-0.1, -0.05) is 31.9 Å². The van der Waals surface area contributed by atoms with Crippen molar-refractivity contribution in [1.82, 2.24) is 5.43 Å². The zero-order chi connectivity index (χ0) is 14.8. The summed E-state index contributed by atoms with van der Waals surface area (Å²) in [6.45, 7) is 2.21. The molecule has 0 bridgehead atoms. The summed E-state index contributed by atoms with van der Waals surface area (Å²) in [6.07, 6.45) is 4.02. The molecule has 3 unspecified atom stereocenters. The van der Waals surface area contributed by atoms with E-state index in [1.54, 1.807) is 19.2 Å². The molecule has 20 heavy (non-hydrogen) atoms. The number of rotatable bonds is 4. The fourth-order valence-corrected chi connectivity index (χ4v) is 3.76. The average Bonchev–Trinajstić information content (AvgIpc) is 2.44. The van der Waals surface area contributed by atoms with E-state index >= 15 is 0 Å². The van der Waals surface area contributed by atoms with Crippen molar-refractivity contribution in [1.29, 1.82) is 0 Å². The van der Waals surface area contributed by atoms with E-state index in [0.29, 0.717) is 16.0 Å². The smallest absolute Gasteiger partial charge is 0.142 e. The molecule has 3 atom stereocenters. The van der Waals surface area contributed by atoms with Crippen LogP contribution in [0.4, 0.5) is 4.39 Å². The van der Waals surface area contributed by atoms with E-state index in [1.165, 1.54) is 6.42 Å². The fraction of sp³-hybridized carbons (Fsp3) is 0.600. The summed E-state index contributed by atoms with van der Waals surface area (Å²) in [4.78, 5) is 0. The minimum Gasteiger partial charge on any atom is -0.376 e. The summed E-state index contributed by atoms with van der Waals surface area (Å²) in [5.74, 6) is 6.03. The molecule has 1 aromatic carbocycles. The molecule has 0 aliphatic heterocycles. The molecule has 0 heterocycles. The minimum absolute atomic E-state index is 0.273. The van der Waals surface area contributed by atoms with Crippen LogP contribution in [0.5, 0.6) is 0 Å². The number of ether oxygens (including phenoxy) is 1. The molecule has 3 N–H and O–H groups in total. The molecule has 0 spiro atoms. The van der Waals surface area contributed by atoms with Crippen molar-refractivity contribution in [2.45, 2.75) is 44.2 Å². The van der Waals surface area contributed by atoms with Crippen LogP contribution in [0.3, 0.4) is 0 Å². The molecule has 1 fully saturated rings. The second-order valence-corrected chi connectivity index (χ2v) is 6.57. The summed E-state index contributed by atoms with van der Waals surface area (Å²) < 4.78 is 20.7. The Hall–Kier alpha value is -0.490. The van der Waals surface area contributed by atoms with E-state index < -0.39 is 5.60 Å². The first kappa shape index (κ1) is 15.9. The van der Waals surface area contributed by atoms with Crippen molar-refractivity contribution in [2.75, 3.05) is 7.11 Å². The highest BCUT2D eigenvalue weighted by Crippen LogP contribution is 2.44. The van der Waals surface area contributed by atoms with Gasteiger partial charge in [0, 0.05) is 12.7 Å². The number of methoxy groups -OCH3 is 1. The quantitative estimate of drug-likeness (QED) is 0.646. The lowest BCUT2D eigenvalue weighted by Crippen LogP contribution is -2.50. The molecule has 5 heteroatoms. The van der Waals surface area contributed by atoms with Crippen LogP contribution in [0.15, 0.2) is 22.7 Å². The first-order chi connectivity index (χ1) is 9.54. The van der Waals surface area contributed by atoms with E-state index in [2.05, 4.69) is 28.3 Å². The maximum Gasteiger partial charge on any atom is 0.142 e. The standard InChI is InChI=1S/C15H22BrFN2O/c1-10-5-4-8-15(9-10,20-2)14(19-18)11-6-3-7-12(16)13(11)17/h3,6-7,10,14,19H,4-5,8-9,18H2,1-2H3. The van der Waals surface area contributed by atoms with Gasteiger partial charge in [0.1, 0.15) is 5.82 Å².